The highest BCUT2D eigenvalue weighted by molar-refractivity contribution is 6.33. The molecule has 0 aliphatic heterocycles. The van der Waals surface area contributed by atoms with Gasteiger partial charge < -0.3 is 10.5 Å². The van der Waals surface area contributed by atoms with E-state index in [4.69, 9.17) is 33.7 Å². The van der Waals surface area contributed by atoms with E-state index in [0.717, 1.165) is 6.07 Å². The molecule has 1 heterocycles. The first-order valence-electron chi connectivity index (χ1n) is 5.08. The highest BCUT2D eigenvalue weighted by Gasteiger charge is 2.11. The molecule has 0 unspecified atom stereocenters. The topological polar surface area (TPSA) is 48.1 Å². The summed E-state index contributed by atoms with van der Waals surface area (Å²) in [6.07, 6.45) is 1.51. The van der Waals surface area contributed by atoms with Crippen LogP contribution < -0.4 is 10.5 Å². The standard InChI is InChI=1S/C12H9Cl2FN2O/c13-9-2-1-8(15)5-10(9)18-12-11(14)7(6-16)3-4-17-12/h1-5H,6,16H2. The fraction of sp³-hybridized carbons (Fsp3) is 0.0833. The van der Waals surface area contributed by atoms with Crippen molar-refractivity contribution in [1.29, 1.82) is 0 Å². The quantitative estimate of drug-likeness (QED) is 0.934. The molecule has 94 valence electrons. The molecule has 0 amide bonds. The lowest BCUT2D eigenvalue weighted by Crippen LogP contribution is -1.99. The number of hydrogen-bond donors (Lipinski definition) is 1. The van der Waals surface area contributed by atoms with Crippen LogP contribution in [0.15, 0.2) is 30.5 Å². The molecule has 0 fully saturated rings. The molecule has 2 rings (SSSR count). The molecule has 1 aromatic carbocycles. The summed E-state index contributed by atoms with van der Waals surface area (Å²) < 4.78 is 18.5. The zero-order chi connectivity index (χ0) is 13.1. The Kier molecular flexibility index (Phi) is 4.01. The Labute approximate surface area is 113 Å². The van der Waals surface area contributed by atoms with Gasteiger partial charge in [0.25, 0.3) is 0 Å². The number of benzene rings is 1. The smallest absolute Gasteiger partial charge is 0.238 e. The molecule has 0 saturated heterocycles. The second kappa shape index (κ2) is 5.52. The Bertz CT molecular complexity index is 578. The zero-order valence-corrected chi connectivity index (χ0v) is 10.7. The van der Waals surface area contributed by atoms with Crippen LogP contribution in [0.4, 0.5) is 4.39 Å². The Morgan fingerprint density at radius 2 is 2.06 bits per heavy atom. The van der Waals surface area contributed by atoms with Gasteiger partial charge in [0.15, 0.2) is 5.75 Å². The number of rotatable bonds is 3. The van der Waals surface area contributed by atoms with Gasteiger partial charge in [-0.25, -0.2) is 9.37 Å². The third kappa shape index (κ3) is 2.72. The first kappa shape index (κ1) is 13.1. The summed E-state index contributed by atoms with van der Waals surface area (Å²) in [7, 11) is 0. The summed E-state index contributed by atoms with van der Waals surface area (Å²) in [6, 6.07) is 5.48. The molecule has 0 aliphatic carbocycles. The van der Waals surface area contributed by atoms with Crippen molar-refractivity contribution < 1.29 is 9.13 Å². The average Bonchev–Trinajstić information content (AvgIpc) is 2.36. The van der Waals surface area contributed by atoms with Crippen LogP contribution in [0.5, 0.6) is 11.6 Å². The molecule has 0 saturated carbocycles. The molecule has 0 bridgehead atoms. The lowest BCUT2D eigenvalue weighted by Gasteiger charge is -2.09. The van der Waals surface area contributed by atoms with Crippen LogP contribution in [-0.4, -0.2) is 4.98 Å². The molecular formula is C12H9Cl2FN2O. The third-order valence-electron chi connectivity index (χ3n) is 2.26. The maximum Gasteiger partial charge on any atom is 0.238 e. The van der Waals surface area contributed by atoms with Gasteiger partial charge in [-0.05, 0) is 23.8 Å². The van der Waals surface area contributed by atoms with E-state index in [1.165, 1.54) is 18.3 Å². The second-order valence-corrected chi connectivity index (χ2v) is 4.26. The van der Waals surface area contributed by atoms with Crippen LogP contribution in [0.2, 0.25) is 10.0 Å². The Hall–Kier alpha value is -1.36. The fourth-order valence-electron chi connectivity index (χ4n) is 1.35. The third-order valence-corrected chi connectivity index (χ3v) is 2.97. The molecule has 0 spiro atoms. The minimum absolute atomic E-state index is 0.145. The van der Waals surface area contributed by atoms with Crippen LogP contribution in [-0.2, 0) is 6.54 Å². The van der Waals surface area contributed by atoms with Gasteiger partial charge in [-0.15, -0.1) is 0 Å². The summed E-state index contributed by atoms with van der Waals surface area (Å²) >= 11 is 11.9. The minimum Gasteiger partial charge on any atom is -0.436 e. The Balaban J connectivity index is 2.37. The van der Waals surface area contributed by atoms with Crippen molar-refractivity contribution in [3.63, 3.8) is 0 Å². The molecule has 2 N–H and O–H groups in total. The Morgan fingerprint density at radius 3 is 2.78 bits per heavy atom. The molecular weight excluding hydrogens is 278 g/mol. The second-order valence-electron chi connectivity index (χ2n) is 3.47. The molecule has 0 aliphatic rings. The predicted molar refractivity (Wildman–Crippen MR) is 68.6 cm³/mol. The van der Waals surface area contributed by atoms with Gasteiger partial charge in [0.05, 0.1) is 5.02 Å². The van der Waals surface area contributed by atoms with E-state index in [-0.39, 0.29) is 23.2 Å². The van der Waals surface area contributed by atoms with Gasteiger partial charge in [0, 0.05) is 18.8 Å². The average molecular weight is 287 g/mol. The van der Waals surface area contributed by atoms with Gasteiger partial charge in [-0.1, -0.05) is 23.2 Å². The predicted octanol–water partition coefficient (Wildman–Crippen LogP) is 3.78. The summed E-state index contributed by atoms with van der Waals surface area (Å²) in [5.74, 6) is -0.159. The highest BCUT2D eigenvalue weighted by atomic mass is 35.5. The Morgan fingerprint density at radius 1 is 1.28 bits per heavy atom. The maximum atomic E-state index is 13.1. The van der Waals surface area contributed by atoms with Gasteiger partial charge in [-0.3, -0.25) is 0 Å². The van der Waals surface area contributed by atoms with Crippen LogP contribution >= 0.6 is 23.2 Å². The molecule has 1 aromatic heterocycles. The van der Waals surface area contributed by atoms with Crippen molar-refractivity contribution >= 4 is 23.2 Å². The van der Waals surface area contributed by atoms with E-state index in [1.807, 2.05) is 0 Å². The van der Waals surface area contributed by atoms with E-state index < -0.39 is 5.82 Å². The largest absolute Gasteiger partial charge is 0.436 e. The summed E-state index contributed by atoms with van der Waals surface area (Å²) in [6.45, 7) is 0.259. The molecule has 0 radical (unpaired) electrons. The van der Waals surface area contributed by atoms with Crippen molar-refractivity contribution in [3.8, 4) is 11.6 Å². The number of nitrogens with zero attached hydrogens (tertiary/aromatic N) is 1. The summed E-state index contributed by atoms with van der Waals surface area (Å²) in [5.41, 5.74) is 6.20. The van der Waals surface area contributed by atoms with Crippen molar-refractivity contribution in [1.82, 2.24) is 4.98 Å². The number of hydrogen-bond acceptors (Lipinski definition) is 3. The lowest BCUT2D eigenvalue weighted by atomic mass is 10.2. The van der Waals surface area contributed by atoms with Crippen molar-refractivity contribution in [3.05, 3.63) is 51.9 Å². The van der Waals surface area contributed by atoms with Crippen LogP contribution in [0, 0.1) is 5.82 Å². The van der Waals surface area contributed by atoms with Gasteiger partial charge in [0.2, 0.25) is 5.88 Å². The monoisotopic (exact) mass is 286 g/mol. The molecule has 0 atom stereocenters. The molecule has 6 heteroatoms. The minimum atomic E-state index is -0.458. The highest BCUT2D eigenvalue weighted by Crippen LogP contribution is 2.33. The van der Waals surface area contributed by atoms with Crippen LogP contribution in [0.25, 0.3) is 0 Å². The van der Waals surface area contributed by atoms with E-state index in [2.05, 4.69) is 4.98 Å². The number of nitrogens with two attached hydrogens (primary N) is 1. The maximum absolute atomic E-state index is 13.1. The number of pyridine rings is 1. The van der Waals surface area contributed by atoms with E-state index in [1.54, 1.807) is 6.07 Å². The first-order chi connectivity index (χ1) is 8.61. The van der Waals surface area contributed by atoms with Crippen molar-refractivity contribution in [2.45, 2.75) is 6.54 Å². The summed E-state index contributed by atoms with van der Waals surface area (Å²) in [4.78, 5) is 3.96. The number of aromatic nitrogens is 1. The van der Waals surface area contributed by atoms with E-state index in [0.29, 0.717) is 10.6 Å². The normalized spacial score (nSPS) is 10.4. The summed E-state index contributed by atoms with van der Waals surface area (Å²) in [5, 5.41) is 0.563. The number of ether oxygens (including phenoxy) is 1. The number of halogens is 3. The molecule has 2 aromatic rings. The first-order valence-corrected chi connectivity index (χ1v) is 5.83. The van der Waals surface area contributed by atoms with Crippen molar-refractivity contribution in [2.24, 2.45) is 5.73 Å². The zero-order valence-electron chi connectivity index (χ0n) is 9.16. The van der Waals surface area contributed by atoms with Crippen molar-refractivity contribution in [2.75, 3.05) is 0 Å². The molecule has 3 nitrogen and oxygen atoms in total. The van der Waals surface area contributed by atoms with Crippen LogP contribution in [0.1, 0.15) is 5.56 Å². The molecule has 18 heavy (non-hydrogen) atoms. The van der Waals surface area contributed by atoms with Gasteiger partial charge in [0.1, 0.15) is 10.8 Å². The SMILES string of the molecule is NCc1ccnc(Oc2cc(F)ccc2Cl)c1Cl. The van der Waals surface area contributed by atoms with E-state index in [9.17, 15) is 4.39 Å². The fourth-order valence-corrected chi connectivity index (χ4v) is 1.73. The lowest BCUT2D eigenvalue weighted by molar-refractivity contribution is 0.458. The van der Waals surface area contributed by atoms with Gasteiger partial charge >= 0.3 is 0 Å². The van der Waals surface area contributed by atoms with Gasteiger partial charge in [-0.2, -0.15) is 0 Å². The van der Waals surface area contributed by atoms with E-state index >= 15 is 0 Å². The van der Waals surface area contributed by atoms with Crippen LogP contribution in [0.3, 0.4) is 0 Å².